The first-order chi connectivity index (χ1) is 9.01. The van der Waals surface area contributed by atoms with Gasteiger partial charge in [-0.25, -0.2) is 4.72 Å². The minimum atomic E-state index is -4.82. The van der Waals surface area contributed by atoms with Crippen molar-refractivity contribution in [3.8, 4) is 0 Å². The molecule has 20 heavy (non-hydrogen) atoms. The van der Waals surface area contributed by atoms with E-state index in [9.17, 15) is 33.3 Å². The molecule has 0 bridgehead atoms. The van der Waals surface area contributed by atoms with Gasteiger partial charge in [0.1, 0.15) is 18.3 Å². The van der Waals surface area contributed by atoms with Crippen LogP contribution in [0.4, 0.5) is 0 Å². The van der Waals surface area contributed by atoms with Gasteiger partial charge in [0.2, 0.25) is 0 Å². The summed E-state index contributed by atoms with van der Waals surface area (Å²) < 4.78 is 26.9. The number of aliphatic hydroxyl groups excluding tert-OH is 5. The molecule has 0 radical (unpaired) electrons. The molecule has 0 unspecified atom stereocenters. The summed E-state index contributed by atoms with van der Waals surface area (Å²) in [5.41, 5.74) is 0. The largest absolute Gasteiger partial charge is 0.412 e. The molecule has 11 nitrogen and oxygen atoms in total. The van der Waals surface area contributed by atoms with Gasteiger partial charge in [-0.3, -0.25) is 9.59 Å². The quantitative estimate of drug-likeness (QED) is 0.266. The van der Waals surface area contributed by atoms with Gasteiger partial charge in [0, 0.05) is 6.92 Å². The maximum Gasteiger partial charge on any atom is 0.412 e. The summed E-state index contributed by atoms with van der Waals surface area (Å²) in [7, 11) is -4.82. The molecular weight excluding hydrogens is 302 g/mol. The molecular formula is C8H15NO10S. The van der Waals surface area contributed by atoms with E-state index in [4.69, 9.17) is 10.2 Å². The second-order valence-corrected chi connectivity index (χ2v) is 4.95. The summed E-state index contributed by atoms with van der Waals surface area (Å²) in [6.45, 7) is -0.228. The van der Waals surface area contributed by atoms with Gasteiger partial charge in [0.15, 0.2) is 6.10 Å². The Morgan fingerprint density at radius 3 is 2.05 bits per heavy atom. The Bertz CT molecular complexity index is 448. The van der Waals surface area contributed by atoms with E-state index in [1.807, 2.05) is 0 Å². The van der Waals surface area contributed by atoms with Crippen molar-refractivity contribution in [2.24, 2.45) is 0 Å². The number of carbonyl (C=O) groups is 2. The second kappa shape index (κ2) is 7.47. The lowest BCUT2D eigenvalue weighted by atomic mass is 10.0. The van der Waals surface area contributed by atoms with Gasteiger partial charge in [0.25, 0.3) is 5.91 Å². The van der Waals surface area contributed by atoms with E-state index >= 15 is 0 Å². The number of carbonyl (C=O) groups excluding carboxylic acids is 2. The molecule has 0 saturated heterocycles. The van der Waals surface area contributed by atoms with E-state index in [-0.39, 0.29) is 0 Å². The highest BCUT2D eigenvalue weighted by atomic mass is 32.2. The number of amides is 1. The predicted octanol–water partition coefficient (Wildman–Crippen LogP) is -4.65. The van der Waals surface area contributed by atoms with E-state index in [1.165, 1.54) is 0 Å². The number of hydrogen-bond acceptors (Lipinski definition) is 10. The Kier molecular flexibility index (Phi) is 6.98. The molecule has 0 aromatic rings. The Labute approximate surface area is 113 Å². The lowest BCUT2D eigenvalue weighted by molar-refractivity contribution is -0.147. The van der Waals surface area contributed by atoms with Crippen LogP contribution in [0.5, 0.6) is 0 Å². The van der Waals surface area contributed by atoms with Gasteiger partial charge in [-0.05, 0) is 0 Å². The summed E-state index contributed by atoms with van der Waals surface area (Å²) in [4.78, 5) is 21.7. The molecule has 0 aliphatic rings. The molecule has 0 heterocycles. The van der Waals surface area contributed by atoms with Crippen molar-refractivity contribution in [2.75, 3.05) is 6.61 Å². The zero-order valence-corrected chi connectivity index (χ0v) is 11.0. The van der Waals surface area contributed by atoms with Crippen LogP contribution in [0.2, 0.25) is 0 Å². The minimum absolute atomic E-state index is 0.746. The average molecular weight is 317 g/mol. The molecule has 0 aliphatic carbocycles. The molecule has 12 heteroatoms. The minimum Gasteiger partial charge on any atom is -0.394 e. The third-order valence-electron chi connectivity index (χ3n) is 1.98. The summed E-state index contributed by atoms with van der Waals surface area (Å²) in [5, 5.41) is 45.3. The smallest absolute Gasteiger partial charge is 0.394 e. The summed E-state index contributed by atoms with van der Waals surface area (Å²) in [6.07, 6.45) is -8.73. The molecule has 0 fully saturated rings. The third kappa shape index (κ3) is 5.77. The van der Waals surface area contributed by atoms with Crippen LogP contribution in [-0.4, -0.2) is 76.8 Å². The maximum atomic E-state index is 11.3. The van der Waals surface area contributed by atoms with Crippen LogP contribution < -0.4 is 4.72 Å². The van der Waals surface area contributed by atoms with Crippen LogP contribution >= 0.6 is 0 Å². The molecule has 0 aliphatic heterocycles. The van der Waals surface area contributed by atoms with Crippen molar-refractivity contribution >= 4 is 22.2 Å². The molecule has 6 N–H and O–H groups in total. The van der Waals surface area contributed by atoms with Gasteiger partial charge < -0.3 is 29.7 Å². The van der Waals surface area contributed by atoms with Crippen LogP contribution in [0.1, 0.15) is 6.92 Å². The number of rotatable bonds is 7. The first-order valence-electron chi connectivity index (χ1n) is 5.11. The monoisotopic (exact) mass is 317 g/mol. The molecule has 1 amide bonds. The summed E-state index contributed by atoms with van der Waals surface area (Å²) in [6, 6.07) is 0. The topological polar surface area (TPSA) is 191 Å². The van der Waals surface area contributed by atoms with Crippen LogP contribution in [0, 0.1) is 0 Å². The number of nitrogens with one attached hydrogen (secondary N) is 1. The van der Waals surface area contributed by atoms with Crippen LogP contribution in [0.3, 0.4) is 0 Å². The molecule has 0 aromatic heterocycles. The van der Waals surface area contributed by atoms with Crippen molar-refractivity contribution in [1.82, 2.24) is 4.72 Å². The molecule has 4 atom stereocenters. The Morgan fingerprint density at radius 2 is 1.65 bits per heavy atom. The van der Waals surface area contributed by atoms with Crippen LogP contribution in [-0.2, 0) is 24.1 Å². The molecule has 0 rings (SSSR count). The highest BCUT2D eigenvalue weighted by Gasteiger charge is 2.36. The van der Waals surface area contributed by atoms with E-state index in [0.717, 1.165) is 11.6 Å². The summed E-state index contributed by atoms with van der Waals surface area (Å²) >= 11 is 0. The fraction of sp³-hybridized carbons (Fsp3) is 0.750. The Balaban J connectivity index is 4.74. The van der Waals surface area contributed by atoms with Crippen molar-refractivity contribution in [1.29, 1.82) is 0 Å². The first-order valence-corrected chi connectivity index (χ1v) is 6.52. The van der Waals surface area contributed by atoms with Gasteiger partial charge in [0.05, 0.1) is 6.61 Å². The lowest BCUT2D eigenvalue weighted by Gasteiger charge is -2.24. The highest BCUT2D eigenvalue weighted by Crippen LogP contribution is 2.06. The van der Waals surface area contributed by atoms with E-state index in [0.29, 0.717) is 0 Å². The van der Waals surface area contributed by atoms with Crippen molar-refractivity contribution < 1.29 is 47.7 Å². The van der Waals surface area contributed by atoms with E-state index in [2.05, 4.69) is 4.18 Å². The van der Waals surface area contributed by atoms with Gasteiger partial charge in [-0.1, -0.05) is 0 Å². The number of hydrogen-bond donors (Lipinski definition) is 6. The van der Waals surface area contributed by atoms with Gasteiger partial charge in [-0.2, -0.15) is 8.42 Å². The van der Waals surface area contributed by atoms with E-state index in [1.54, 1.807) is 0 Å². The van der Waals surface area contributed by atoms with Crippen LogP contribution in [0.25, 0.3) is 0 Å². The number of aliphatic hydroxyl groups is 5. The fourth-order valence-corrected chi connectivity index (χ4v) is 1.75. The first kappa shape index (κ1) is 18.7. The summed E-state index contributed by atoms with van der Waals surface area (Å²) in [5.74, 6) is -2.96. The normalized spacial score (nSPS) is 17.7. The van der Waals surface area contributed by atoms with Crippen molar-refractivity contribution in [3.63, 3.8) is 0 Å². The maximum absolute atomic E-state index is 11.3. The van der Waals surface area contributed by atoms with Crippen LogP contribution in [0.15, 0.2) is 0 Å². The Morgan fingerprint density at radius 1 is 1.15 bits per heavy atom. The zero-order valence-electron chi connectivity index (χ0n) is 10.2. The predicted molar refractivity (Wildman–Crippen MR) is 59.9 cm³/mol. The molecule has 118 valence electrons. The van der Waals surface area contributed by atoms with E-state index < -0.39 is 53.2 Å². The SMILES string of the molecule is CC(=O)OS(=O)(=O)NC(=O)[C@H](O)[C@@H](O)[C@H](O)[C@H](O)CO. The van der Waals surface area contributed by atoms with Gasteiger partial charge in [-0.15, -0.1) is 0 Å². The third-order valence-corrected chi connectivity index (χ3v) is 2.88. The molecule has 0 saturated carbocycles. The zero-order chi connectivity index (χ0) is 16.1. The fourth-order valence-electron chi connectivity index (χ4n) is 1.04. The van der Waals surface area contributed by atoms with Crippen molar-refractivity contribution in [2.45, 2.75) is 31.3 Å². The second-order valence-electron chi connectivity index (χ2n) is 3.67. The standard InChI is InChI=1S/C8H15NO10S/c1-3(11)19-20(17,18)9-8(16)7(15)6(14)5(13)4(12)2-10/h4-7,10,12-15H,2H2,1H3,(H,9,16)/t4-,5-,6+,7-/m1/s1. The van der Waals surface area contributed by atoms with Gasteiger partial charge >= 0.3 is 16.3 Å². The lowest BCUT2D eigenvalue weighted by Crippen LogP contribution is -2.52. The van der Waals surface area contributed by atoms with Crippen molar-refractivity contribution in [3.05, 3.63) is 0 Å². The average Bonchev–Trinajstić information content (AvgIpc) is 2.32. The Hall–Kier alpha value is -1.31. The highest BCUT2D eigenvalue weighted by molar-refractivity contribution is 7.85. The molecule has 0 spiro atoms. The molecule has 0 aromatic carbocycles.